The molecule has 1 aliphatic rings. The van der Waals surface area contributed by atoms with E-state index in [1.165, 1.54) is 18.2 Å². The van der Waals surface area contributed by atoms with E-state index in [1.807, 2.05) is 0 Å². The molecule has 0 unspecified atom stereocenters. The van der Waals surface area contributed by atoms with Crippen LogP contribution in [0.2, 0.25) is 0 Å². The summed E-state index contributed by atoms with van der Waals surface area (Å²) in [5.41, 5.74) is 5.39. The Labute approximate surface area is 165 Å². The Kier molecular flexibility index (Phi) is 3.88. The van der Waals surface area contributed by atoms with Crippen molar-refractivity contribution in [3.63, 3.8) is 0 Å². The van der Waals surface area contributed by atoms with E-state index in [9.17, 15) is 13.2 Å². The summed E-state index contributed by atoms with van der Waals surface area (Å²) in [6.07, 6.45) is -4.59. The molecule has 0 fully saturated rings. The third kappa shape index (κ3) is 2.89. The molecule has 152 valence electrons. The Morgan fingerprint density at radius 2 is 1.83 bits per heavy atom. The van der Waals surface area contributed by atoms with Crippen LogP contribution < -0.4 is 15.2 Å². The van der Waals surface area contributed by atoms with Crippen molar-refractivity contribution in [1.29, 1.82) is 0 Å². The predicted octanol–water partition coefficient (Wildman–Crippen LogP) is 3.31. The lowest BCUT2D eigenvalue weighted by Crippen LogP contribution is -2.12. The molecule has 1 aliphatic heterocycles. The van der Waals surface area contributed by atoms with Crippen LogP contribution in [0.1, 0.15) is 5.56 Å². The summed E-state index contributed by atoms with van der Waals surface area (Å²) in [4.78, 5) is 4.22. The largest absolute Gasteiger partial charge is 0.454 e. The first kappa shape index (κ1) is 18.0. The van der Waals surface area contributed by atoms with Crippen LogP contribution in [0.25, 0.3) is 28.7 Å². The average molecular weight is 416 g/mol. The van der Waals surface area contributed by atoms with Crippen LogP contribution in [0, 0.1) is 0 Å². The Hall–Kier alpha value is -4.09. The number of ether oxygens (including phenoxy) is 2. The molecule has 0 spiro atoms. The molecule has 4 aromatic rings. The Balaban J connectivity index is 1.52. The van der Waals surface area contributed by atoms with Crippen LogP contribution in [0.5, 0.6) is 11.5 Å². The van der Waals surface area contributed by atoms with Gasteiger partial charge in [0.05, 0.1) is 11.3 Å². The number of anilines is 1. The van der Waals surface area contributed by atoms with E-state index in [-0.39, 0.29) is 35.7 Å². The molecule has 30 heavy (non-hydrogen) atoms. The highest BCUT2D eigenvalue weighted by Crippen LogP contribution is 2.37. The molecule has 2 aromatic heterocycles. The summed E-state index contributed by atoms with van der Waals surface area (Å²) in [5, 5.41) is 11.4. The lowest BCUT2D eigenvalue weighted by Gasteiger charge is -2.12. The molecule has 0 bridgehead atoms. The van der Waals surface area contributed by atoms with E-state index >= 15 is 0 Å². The highest BCUT2D eigenvalue weighted by Gasteiger charge is 2.35. The summed E-state index contributed by atoms with van der Waals surface area (Å²) in [7, 11) is 0. The number of benzene rings is 2. The zero-order chi connectivity index (χ0) is 20.9. The smallest absolute Gasteiger partial charge is 0.418 e. The Bertz CT molecular complexity index is 1250. The van der Waals surface area contributed by atoms with Crippen LogP contribution >= 0.6 is 0 Å². The molecule has 12 heteroatoms. The number of aromatic nitrogens is 5. The van der Waals surface area contributed by atoms with Crippen molar-refractivity contribution < 1.29 is 27.2 Å². The fourth-order valence-electron chi connectivity index (χ4n) is 2.99. The standard InChI is InChI=1S/C18H11F3N6O3/c19-18(20,21)10-3-1-2-4-11(10)27-15(22)14(24-26-27)17-23-16(25-30-17)9-5-6-12-13(7-9)29-8-28-12/h1-7H,8,22H2. The number of nitrogens with zero attached hydrogens (tertiary/aromatic N) is 5. The van der Waals surface area contributed by atoms with Gasteiger partial charge in [0.25, 0.3) is 5.89 Å². The normalized spacial score (nSPS) is 13.0. The minimum absolute atomic E-state index is 0.0357. The molecular weight excluding hydrogens is 405 g/mol. The van der Waals surface area contributed by atoms with Crippen LogP contribution in [-0.2, 0) is 6.18 Å². The number of fused-ring (bicyclic) bond motifs is 1. The highest BCUT2D eigenvalue weighted by molar-refractivity contribution is 5.68. The number of nitrogen functional groups attached to an aromatic ring is 1. The average Bonchev–Trinajstić information content (AvgIpc) is 3.46. The summed E-state index contributed by atoms with van der Waals surface area (Å²) in [6, 6.07) is 9.97. The van der Waals surface area contributed by atoms with Gasteiger partial charge in [-0.15, -0.1) is 5.10 Å². The third-order valence-corrected chi connectivity index (χ3v) is 4.40. The van der Waals surface area contributed by atoms with Gasteiger partial charge in [-0.2, -0.15) is 22.8 Å². The number of hydrogen-bond donors (Lipinski definition) is 1. The van der Waals surface area contributed by atoms with Gasteiger partial charge in [-0.3, -0.25) is 0 Å². The molecule has 0 saturated carbocycles. The van der Waals surface area contributed by atoms with Gasteiger partial charge in [0.15, 0.2) is 23.0 Å². The topological polar surface area (TPSA) is 114 Å². The number of rotatable bonds is 3. The molecule has 0 saturated heterocycles. The lowest BCUT2D eigenvalue weighted by molar-refractivity contribution is -0.137. The fourth-order valence-corrected chi connectivity index (χ4v) is 2.99. The van der Waals surface area contributed by atoms with Crippen LogP contribution in [0.3, 0.4) is 0 Å². The van der Waals surface area contributed by atoms with Gasteiger partial charge in [-0.05, 0) is 30.3 Å². The first-order chi connectivity index (χ1) is 14.4. The van der Waals surface area contributed by atoms with Crippen LogP contribution in [0.4, 0.5) is 19.0 Å². The van der Waals surface area contributed by atoms with E-state index < -0.39 is 11.7 Å². The van der Waals surface area contributed by atoms with E-state index in [4.69, 9.17) is 19.7 Å². The number of hydrogen-bond acceptors (Lipinski definition) is 8. The number of alkyl halides is 3. The minimum atomic E-state index is -4.59. The monoisotopic (exact) mass is 416 g/mol. The van der Waals surface area contributed by atoms with E-state index in [0.717, 1.165) is 10.7 Å². The van der Waals surface area contributed by atoms with E-state index in [1.54, 1.807) is 18.2 Å². The predicted molar refractivity (Wildman–Crippen MR) is 95.6 cm³/mol. The molecule has 0 amide bonds. The quantitative estimate of drug-likeness (QED) is 0.541. The zero-order valence-electron chi connectivity index (χ0n) is 14.9. The van der Waals surface area contributed by atoms with Gasteiger partial charge < -0.3 is 19.7 Å². The Morgan fingerprint density at radius 1 is 1.03 bits per heavy atom. The molecule has 5 rings (SSSR count). The Morgan fingerprint density at radius 3 is 2.67 bits per heavy atom. The summed E-state index contributed by atoms with van der Waals surface area (Å²) in [5.74, 6) is 1.09. The van der Waals surface area contributed by atoms with Gasteiger partial charge in [-0.1, -0.05) is 22.5 Å². The van der Waals surface area contributed by atoms with Gasteiger partial charge in [0, 0.05) is 5.56 Å². The number of halogens is 3. The second-order valence-corrected chi connectivity index (χ2v) is 6.24. The second-order valence-electron chi connectivity index (χ2n) is 6.24. The van der Waals surface area contributed by atoms with Gasteiger partial charge in [0.1, 0.15) is 0 Å². The van der Waals surface area contributed by atoms with Crippen molar-refractivity contribution >= 4 is 5.82 Å². The first-order valence-electron chi connectivity index (χ1n) is 8.53. The van der Waals surface area contributed by atoms with Gasteiger partial charge >= 0.3 is 6.18 Å². The SMILES string of the molecule is Nc1c(-c2nc(-c3ccc4c(c3)OCO4)no2)nnn1-c1ccccc1C(F)(F)F. The number of nitrogens with two attached hydrogens (primary N) is 1. The molecule has 0 atom stereocenters. The maximum Gasteiger partial charge on any atom is 0.418 e. The van der Waals surface area contributed by atoms with Crippen molar-refractivity contribution in [1.82, 2.24) is 25.1 Å². The molecular formula is C18H11F3N6O3. The zero-order valence-corrected chi connectivity index (χ0v) is 14.9. The van der Waals surface area contributed by atoms with Crippen molar-refractivity contribution in [3.8, 4) is 40.2 Å². The first-order valence-corrected chi connectivity index (χ1v) is 8.53. The minimum Gasteiger partial charge on any atom is -0.454 e. The van der Waals surface area contributed by atoms with Gasteiger partial charge in [-0.25, -0.2) is 0 Å². The molecule has 0 aliphatic carbocycles. The van der Waals surface area contributed by atoms with Crippen LogP contribution in [-0.4, -0.2) is 31.9 Å². The molecule has 9 nitrogen and oxygen atoms in total. The van der Waals surface area contributed by atoms with Crippen LogP contribution in [0.15, 0.2) is 47.0 Å². The second kappa shape index (κ2) is 6.47. The third-order valence-electron chi connectivity index (χ3n) is 4.40. The molecule has 3 heterocycles. The van der Waals surface area contributed by atoms with E-state index in [2.05, 4.69) is 20.5 Å². The number of para-hydroxylation sites is 1. The molecule has 2 aromatic carbocycles. The van der Waals surface area contributed by atoms with E-state index in [0.29, 0.717) is 17.1 Å². The van der Waals surface area contributed by atoms with Crippen molar-refractivity contribution in [2.45, 2.75) is 6.18 Å². The van der Waals surface area contributed by atoms with Gasteiger partial charge in [0.2, 0.25) is 12.6 Å². The summed E-state index contributed by atoms with van der Waals surface area (Å²) < 4.78 is 56.6. The maximum absolute atomic E-state index is 13.3. The highest BCUT2D eigenvalue weighted by atomic mass is 19.4. The summed E-state index contributed by atoms with van der Waals surface area (Å²) in [6.45, 7) is 0.120. The van der Waals surface area contributed by atoms with Crippen molar-refractivity contribution in [2.75, 3.05) is 12.5 Å². The molecule has 2 N–H and O–H groups in total. The summed E-state index contributed by atoms with van der Waals surface area (Å²) >= 11 is 0. The fraction of sp³-hybridized carbons (Fsp3) is 0.111. The van der Waals surface area contributed by atoms with Crippen molar-refractivity contribution in [3.05, 3.63) is 48.0 Å². The molecule has 0 radical (unpaired) electrons. The maximum atomic E-state index is 13.3. The van der Waals surface area contributed by atoms with Crippen molar-refractivity contribution in [2.24, 2.45) is 0 Å². The lowest BCUT2D eigenvalue weighted by atomic mass is 10.1.